The van der Waals surface area contributed by atoms with Crippen LogP contribution in [-0.2, 0) is 4.79 Å². The molecule has 0 fully saturated rings. The van der Waals surface area contributed by atoms with E-state index in [1.807, 2.05) is 54.8 Å². The number of carbonyl (C=O) groups excluding carboxylic acids is 1. The summed E-state index contributed by atoms with van der Waals surface area (Å²) in [6.07, 6.45) is 0. The van der Waals surface area contributed by atoms with Gasteiger partial charge in [-0.15, -0.1) is 16.4 Å². The van der Waals surface area contributed by atoms with Crippen LogP contribution in [0.15, 0.2) is 71.2 Å². The molecule has 36 heavy (non-hydrogen) atoms. The number of nitrogens with one attached hydrogen (secondary N) is 2. The zero-order chi connectivity index (χ0) is 25.2. The molecule has 0 saturated carbocycles. The third kappa shape index (κ3) is 4.05. The summed E-state index contributed by atoms with van der Waals surface area (Å²) in [6.45, 7) is 1.85. The van der Waals surface area contributed by atoms with Crippen molar-refractivity contribution in [3.05, 3.63) is 76.8 Å². The highest BCUT2D eigenvalue weighted by molar-refractivity contribution is 7.13. The van der Waals surface area contributed by atoms with Crippen LogP contribution < -0.4 is 24.8 Å². The predicted octanol–water partition coefficient (Wildman–Crippen LogP) is 4.96. The molecule has 0 aliphatic carbocycles. The Labute approximate surface area is 212 Å². The van der Waals surface area contributed by atoms with Crippen molar-refractivity contribution in [2.24, 2.45) is 0 Å². The van der Waals surface area contributed by atoms with Crippen molar-refractivity contribution in [2.45, 2.75) is 13.0 Å². The highest BCUT2D eigenvalue weighted by Crippen LogP contribution is 2.43. The summed E-state index contributed by atoms with van der Waals surface area (Å²) >= 11 is 1.55. The van der Waals surface area contributed by atoms with Crippen molar-refractivity contribution in [1.29, 1.82) is 0 Å². The van der Waals surface area contributed by atoms with Gasteiger partial charge in [0.2, 0.25) is 5.95 Å². The van der Waals surface area contributed by atoms with Crippen molar-refractivity contribution >= 4 is 28.9 Å². The number of anilines is 2. The molecule has 0 spiro atoms. The Bertz CT molecular complexity index is 1440. The minimum absolute atomic E-state index is 0.307. The van der Waals surface area contributed by atoms with Gasteiger partial charge < -0.3 is 24.8 Å². The zero-order valence-electron chi connectivity index (χ0n) is 20.2. The molecule has 9 nitrogen and oxygen atoms in total. The minimum atomic E-state index is -0.637. The lowest BCUT2D eigenvalue weighted by Crippen LogP contribution is -2.31. The number of hydrogen-bond donors (Lipinski definition) is 2. The van der Waals surface area contributed by atoms with E-state index in [2.05, 4.69) is 10.6 Å². The molecule has 1 aliphatic rings. The maximum atomic E-state index is 13.8. The van der Waals surface area contributed by atoms with Crippen LogP contribution in [0.5, 0.6) is 17.2 Å². The second-order valence-corrected chi connectivity index (χ2v) is 8.93. The molecule has 2 aromatic heterocycles. The van der Waals surface area contributed by atoms with E-state index < -0.39 is 6.04 Å². The van der Waals surface area contributed by atoms with Gasteiger partial charge in [-0.05, 0) is 36.6 Å². The second kappa shape index (κ2) is 9.74. The van der Waals surface area contributed by atoms with Crippen molar-refractivity contribution < 1.29 is 19.0 Å². The maximum absolute atomic E-state index is 13.8. The monoisotopic (exact) mass is 503 g/mol. The SMILES string of the molecule is COc1ccccc1NC(=O)C1=C(C)Nc2nc(-c3cccs3)nn2C1c1cccc(OC)c1OC. The quantitative estimate of drug-likeness (QED) is 0.368. The summed E-state index contributed by atoms with van der Waals surface area (Å²) < 4.78 is 18.5. The van der Waals surface area contributed by atoms with Crippen LogP contribution in [0.1, 0.15) is 18.5 Å². The summed E-state index contributed by atoms with van der Waals surface area (Å²) in [5.74, 6) is 2.42. The van der Waals surface area contributed by atoms with Crippen molar-refractivity contribution in [1.82, 2.24) is 14.8 Å². The summed E-state index contributed by atoms with van der Waals surface area (Å²) in [5.41, 5.74) is 2.38. The summed E-state index contributed by atoms with van der Waals surface area (Å²) in [5, 5.41) is 13.0. The lowest BCUT2D eigenvalue weighted by molar-refractivity contribution is -0.113. The number of aromatic nitrogens is 3. The van der Waals surface area contributed by atoms with Crippen LogP contribution in [0.3, 0.4) is 0 Å². The Morgan fingerprint density at radius 2 is 1.78 bits per heavy atom. The number of ether oxygens (including phenoxy) is 3. The molecule has 2 aromatic carbocycles. The van der Waals surface area contributed by atoms with Crippen LogP contribution in [0, 0.1) is 0 Å². The number of allylic oxidation sites excluding steroid dienone is 1. The molecule has 0 bridgehead atoms. The van der Waals surface area contributed by atoms with E-state index >= 15 is 0 Å². The number of amides is 1. The van der Waals surface area contributed by atoms with Gasteiger partial charge in [0.05, 0.1) is 37.5 Å². The first-order valence-corrected chi connectivity index (χ1v) is 12.1. The fraction of sp³-hybridized carbons (Fsp3) is 0.192. The number of fused-ring (bicyclic) bond motifs is 1. The standard InChI is InChI=1S/C26H25N5O4S/c1-15-21(25(32)28-17-10-5-6-11-18(17)33-2)22(16-9-7-12-19(34-3)23(16)35-4)31-26(27-15)29-24(30-31)20-13-8-14-36-20/h5-14,22H,1-4H3,(H,28,32)(H,27,29,30). The Morgan fingerprint density at radius 1 is 1.00 bits per heavy atom. The normalized spacial score (nSPS) is 14.6. The third-order valence-corrected chi connectivity index (χ3v) is 6.79. The van der Waals surface area contributed by atoms with Crippen LogP contribution >= 0.6 is 11.3 Å². The van der Waals surface area contributed by atoms with E-state index in [0.717, 1.165) is 4.88 Å². The third-order valence-electron chi connectivity index (χ3n) is 5.92. The lowest BCUT2D eigenvalue weighted by Gasteiger charge is -2.30. The molecule has 10 heteroatoms. The van der Waals surface area contributed by atoms with Gasteiger partial charge in [0.1, 0.15) is 11.8 Å². The molecule has 1 amide bonds. The van der Waals surface area contributed by atoms with E-state index in [0.29, 0.717) is 51.5 Å². The molecule has 5 rings (SSSR count). The first-order valence-electron chi connectivity index (χ1n) is 11.2. The molecular weight excluding hydrogens is 478 g/mol. The number of para-hydroxylation sites is 3. The topological polar surface area (TPSA) is 99.5 Å². The van der Waals surface area contributed by atoms with Gasteiger partial charge in [-0.25, -0.2) is 4.68 Å². The number of benzene rings is 2. The highest BCUT2D eigenvalue weighted by atomic mass is 32.1. The van der Waals surface area contributed by atoms with Crippen molar-refractivity contribution in [2.75, 3.05) is 32.0 Å². The summed E-state index contributed by atoms with van der Waals surface area (Å²) in [7, 11) is 4.72. The van der Waals surface area contributed by atoms with Gasteiger partial charge in [-0.2, -0.15) is 4.98 Å². The minimum Gasteiger partial charge on any atom is -0.495 e. The molecule has 1 atom stereocenters. The second-order valence-electron chi connectivity index (χ2n) is 7.98. The number of carbonyl (C=O) groups is 1. The number of thiophene rings is 1. The van der Waals surface area contributed by atoms with Gasteiger partial charge in [0, 0.05) is 11.3 Å². The molecule has 4 aromatic rings. The van der Waals surface area contributed by atoms with Gasteiger partial charge in [0.15, 0.2) is 17.3 Å². The first-order chi connectivity index (χ1) is 17.5. The Morgan fingerprint density at radius 3 is 2.50 bits per heavy atom. The van der Waals surface area contributed by atoms with E-state index in [1.54, 1.807) is 49.5 Å². The fourth-order valence-corrected chi connectivity index (χ4v) is 4.96. The Balaban J connectivity index is 1.66. The Hall–Kier alpha value is -4.31. The average molecular weight is 504 g/mol. The van der Waals surface area contributed by atoms with Crippen LogP contribution in [0.2, 0.25) is 0 Å². The van der Waals surface area contributed by atoms with Crippen molar-refractivity contribution in [3.63, 3.8) is 0 Å². The zero-order valence-corrected chi connectivity index (χ0v) is 21.1. The number of rotatable bonds is 7. The number of hydrogen-bond acceptors (Lipinski definition) is 8. The lowest BCUT2D eigenvalue weighted by atomic mass is 9.94. The van der Waals surface area contributed by atoms with Gasteiger partial charge in [0.25, 0.3) is 5.91 Å². The first kappa shape index (κ1) is 23.4. The molecule has 1 aliphatic heterocycles. The van der Waals surface area contributed by atoms with Gasteiger partial charge in [-0.1, -0.05) is 30.3 Å². The smallest absolute Gasteiger partial charge is 0.255 e. The summed E-state index contributed by atoms with van der Waals surface area (Å²) in [6, 6.07) is 16.1. The largest absolute Gasteiger partial charge is 0.495 e. The van der Waals surface area contributed by atoms with Gasteiger partial charge in [-0.3, -0.25) is 4.79 Å². The van der Waals surface area contributed by atoms with Crippen LogP contribution in [0.25, 0.3) is 10.7 Å². The van der Waals surface area contributed by atoms with Crippen LogP contribution in [-0.4, -0.2) is 42.0 Å². The molecule has 184 valence electrons. The molecule has 0 radical (unpaired) electrons. The van der Waals surface area contributed by atoms with E-state index in [-0.39, 0.29) is 5.91 Å². The molecule has 2 N–H and O–H groups in total. The van der Waals surface area contributed by atoms with Crippen LogP contribution in [0.4, 0.5) is 11.6 Å². The highest BCUT2D eigenvalue weighted by Gasteiger charge is 2.37. The van der Waals surface area contributed by atoms with E-state index in [1.165, 1.54) is 0 Å². The number of nitrogens with zero attached hydrogens (tertiary/aromatic N) is 3. The average Bonchev–Trinajstić information content (AvgIpc) is 3.57. The maximum Gasteiger partial charge on any atom is 0.255 e. The molecular formula is C26H25N5O4S. The molecule has 3 heterocycles. The van der Waals surface area contributed by atoms with E-state index in [9.17, 15) is 4.79 Å². The van der Waals surface area contributed by atoms with Gasteiger partial charge >= 0.3 is 0 Å². The molecule has 1 unspecified atom stereocenters. The fourth-order valence-electron chi connectivity index (χ4n) is 4.31. The predicted molar refractivity (Wildman–Crippen MR) is 139 cm³/mol. The summed E-state index contributed by atoms with van der Waals surface area (Å²) in [4.78, 5) is 19.5. The van der Waals surface area contributed by atoms with E-state index in [4.69, 9.17) is 24.3 Å². The Kier molecular flexibility index (Phi) is 6.34. The molecule has 0 saturated heterocycles. The number of methoxy groups -OCH3 is 3. The van der Waals surface area contributed by atoms with Crippen molar-refractivity contribution in [3.8, 4) is 28.0 Å².